The number of ether oxygens (including phenoxy) is 1. The Bertz CT molecular complexity index is 1030. The van der Waals surface area contributed by atoms with E-state index in [0.29, 0.717) is 28.4 Å². The number of carbonyl (C=O) groups is 1. The molecule has 0 N–H and O–H groups in total. The summed E-state index contributed by atoms with van der Waals surface area (Å²) in [6.45, 7) is 1.92. The van der Waals surface area contributed by atoms with Gasteiger partial charge in [0.15, 0.2) is 11.5 Å². The minimum absolute atomic E-state index is 0.0633. The van der Waals surface area contributed by atoms with Gasteiger partial charge in [0.05, 0.1) is 16.6 Å². The van der Waals surface area contributed by atoms with Crippen LogP contribution in [0.1, 0.15) is 27.9 Å². The molecule has 0 aliphatic heterocycles. The molecule has 0 saturated heterocycles. The van der Waals surface area contributed by atoms with Gasteiger partial charge in [0.2, 0.25) is 0 Å². The first kappa shape index (κ1) is 17.2. The van der Waals surface area contributed by atoms with E-state index in [0.717, 1.165) is 22.6 Å². The Balaban J connectivity index is 1.99. The van der Waals surface area contributed by atoms with Crippen molar-refractivity contribution in [2.24, 2.45) is 0 Å². The molecule has 134 valence electrons. The number of benzene rings is 1. The maximum absolute atomic E-state index is 14.4. The molecule has 0 radical (unpaired) electrons. The van der Waals surface area contributed by atoms with Crippen LogP contribution < -0.4 is 0 Å². The van der Waals surface area contributed by atoms with Crippen LogP contribution in [0.5, 0.6) is 0 Å². The highest BCUT2D eigenvalue weighted by molar-refractivity contribution is 7.16. The topological polar surface area (TPSA) is 44.1 Å². The van der Waals surface area contributed by atoms with Crippen molar-refractivity contribution in [2.45, 2.75) is 19.8 Å². The smallest absolute Gasteiger partial charge is 0.359 e. The number of aryl methyl sites for hydroxylation is 1. The van der Waals surface area contributed by atoms with Gasteiger partial charge in [-0.2, -0.15) is 5.10 Å². The summed E-state index contributed by atoms with van der Waals surface area (Å²) in [7, 11) is 0. The summed E-state index contributed by atoms with van der Waals surface area (Å²) in [5, 5.41) is 4.32. The fraction of sp³-hybridized carbons (Fsp3) is 0.222. The van der Waals surface area contributed by atoms with Crippen molar-refractivity contribution in [2.75, 3.05) is 6.61 Å². The maximum Gasteiger partial charge on any atom is 0.359 e. The fourth-order valence-corrected chi connectivity index (χ4v) is 4.45. The summed E-state index contributed by atoms with van der Waals surface area (Å²) in [6, 6.07) is 5.03. The maximum atomic E-state index is 14.4. The van der Waals surface area contributed by atoms with Crippen LogP contribution in [0.15, 0.2) is 24.3 Å². The third kappa shape index (κ3) is 2.71. The van der Waals surface area contributed by atoms with Crippen molar-refractivity contribution in [3.05, 3.63) is 56.4 Å². The molecule has 1 aliphatic rings. The van der Waals surface area contributed by atoms with Gasteiger partial charge in [-0.25, -0.2) is 18.3 Å². The number of halogens is 3. The van der Waals surface area contributed by atoms with E-state index in [1.165, 1.54) is 22.1 Å². The van der Waals surface area contributed by atoms with Crippen LogP contribution in [0.25, 0.3) is 16.9 Å². The normalized spacial score (nSPS) is 12.6. The van der Waals surface area contributed by atoms with Gasteiger partial charge in [0.25, 0.3) is 0 Å². The van der Waals surface area contributed by atoms with Crippen LogP contribution in [0.3, 0.4) is 0 Å². The molecular formula is C18H13ClF2N2O2S. The lowest BCUT2D eigenvalue weighted by molar-refractivity contribution is 0.0517. The average Bonchev–Trinajstić information content (AvgIpc) is 3.14. The van der Waals surface area contributed by atoms with Gasteiger partial charge < -0.3 is 4.74 Å². The number of thiophene rings is 1. The Morgan fingerprint density at radius 1 is 1.35 bits per heavy atom. The Morgan fingerprint density at radius 3 is 2.88 bits per heavy atom. The van der Waals surface area contributed by atoms with Gasteiger partial charge in [-0.3, -0.25) is 0 Å². The summed E-state index contributed by atoms with van der Waals surface area (Å²) in [6.07, 6.45) is 1.28. The molecule has 0 amide bonds. The molecule has 0 spiro atoms. The number of nitrogens with zero attached hydrogens (tertiary/aromatic N) is 2. The van der Waals surface area contributed by atoms with Crippen molar-refractivity contribution >= 4 is 28.9 Å². The number of fused-ring (bicyclic) bond motifs is 3. The second kappa shape index (κ2) is 6.48. The quantitative estimate of drug-likeness (QED) is 0.599. The zero-order valence-electron chi connectivity index (χ0n) is 13.7. The molecule has 0 bridgehead atoms. The fourth-order valence-electron chi connectivity index (χ4n) is 3.18. The molecule has 4 nitrogen and oxygen atoms in total. The first-order chi connectivity index (χ1) is 12.5. The Morgan fingerprint density at radius 2 is 2.15 bits per heavy atom. The molecule has 2 aromatic heterocycles. The van der Waals surface area contributed by atoms with Crippen LogP contribution >= 0.6 is 22.9 Å². The SMILES string of the molecule is CCOC(=O)c1nn(-c2ccc(F)cc2F)c2c1CCc1sc(Cl)cc1-2. The monoisotopic (exact) mass is 394 g/mol. The first-order valence-corrected chi connectivity index (χ1v) is 9.22. The highest BCUT2D eigenvalue weighted by Gasteiger charge is 2.31. The van der Waals surface area contributed by atoms with Gasteiger partial charge in [-0.15, -0.1) is 11.3 Å². The second-order valence-corrected chi connectivity index (χ2v) is 7.56. The van der Waals surface area contributed by atoms with E-state index >= 15 is 0 Å². The number of hydrogen-bond donors (Lipinski definition) is 0. The van der Waals surface area contributed by atoms with E-state index in [1.54, 1.807) is 13.0 Å². The molecule has 0 fully saturated rings. The van der Waals surface area contributed by atoms with Crippen molar-refractivity contribution < 1.29 is 18.3 Å². The molecule has 26 heavy (non-hydrogen) atoms. The second-order valence-electron chi connectivity index (χ2n) is 5.79. The minimum atomic E-state index is -0.765. The van der Waals surface area contributed by atoms with Crippen LogP contribution in [-0.2, 0) is 17.6 Å². The highest BCUT2D eigenvalue weighted by Crippen LogP contribution is 2.42. The lowest BCUT2D eigenvalue weighted by atomic mass is 9.94. The van der Waals surface area contributed by atoms with E-state index < -0.39 is 17.6 Å². The summed E-state index contributed by atoms with van der Waals surface area (Å²) in [5.74, 6) is -2.01. The highest BCUT2D eigenvalue weighted by atomic mass is 35.5. The van der Waals surface area contributed by atoms with Crippen molar-refractivity contribution in [1.29, 1.82) is 0 Å². The van der Waals surface area contributed by atoms with Crippen molar-refractivity contribution in [3.63, 3.8) is 0 Å². The van der Waals surface area contributed by atoms with Crippen molar-refractivity contribution in [1.82, 2.24) is 9.78 Å². The lowest BCUT2D eigenvalue weighted by Crippen LogP contribution is -2.10. The van der Waals surface area contributed by atoms with Gasteiger partial charge in [-0.1, -0.05) is 11.6 Å². The summed E-state index contributed by atoms with van der Waals surface area (Å²) in [5.41, 5.74) is 2.32. The summed E-state index contributed by atoms with van der Waals surface area (Å²) < 4.78 is 34.8. The molecule has 3 aromatic rings. The minimum Gasteiger partial charge on any atom is -0.461 e. The van der Waals surface area contributed by atoms with E-state index in [2.05, 4.69) is 5.10 Å². The average molecular weight is 395 g/mol. The van der Waals surface area contributed by atoms with E-state index in [1.807, 2.05) is 0 Å². The van der Waals surface area contributed by atoms with Crippen molar-refractivity contribution in [3.8, 4) is 16.9 Å². The zero-order valence-corrected chi connectivity index (χ0v) is 15.3. The van der Waals surface area contributed by atoms with Crippen LogP contribution in [0.4, 0.5) is 8.78 Å². The summed E-state index contributed by atoms with van der Waals surface area (Å²) in [4.78, 5) is 13.4. The lowest BCUT2D eigenvalue weighted by Gasteiger charge is -2.15. The molecule has 2 heterocycles. The molecule has 1 aromatic carbocycles. The number of hydrogen-bond acceptors (Lipinski definition) is 4. The van der Waals surface area contributed by atoms with Crippen LogP contribution in [0.2, 0.25) is 4.34 Å². The van der Waals surface area contributed by atoms with Gasteiger partial charge in [0.1, 0.15) is 11.5 Å². The zero-order chi connectivity index (χ0) is 18.4. The van der Waals surface area contributed by atoms with E-state index in [9.17, 15) is 13.6 Å². The predicted octanol–water partition coefficient (Wildman–Crippen LogP) is 4.81. The molecular weight excluding hydrogens is 382 g/mol. The molecule has 0 unspecified atom stereocenters. The molecule has 0 atom stereocenters. The van der Waals surface area contributed by atoms with Crippen LogP contribution in [-0.4, -0.2) is 22.4 Å². The van der Waals surface area contributed by atoms with Gasteiger partial charge >= 0.3 is 5.97 Å². The largest absolute Gasteiger partial charge is 0.461 e. The van der Waals surface area contributed by atoms with Gasteiger partial charge in [0, 0.05) is 22.1 Å². The van der Waals surface area contributed by atoms with E-state index in [4.69, 9.17) is 16.3 Å². The van der Waals surface area contributed by atoms with Crippen LogP contribution in [0, 0.1) is 11.6 Å². The van der Waals surface area contributed by atoms with Gasteiger partial charge in [-0.05, 0) is 38.0 Å². The summed E-state index contributed by atoms with van der Waals surface area (Å²) >= 11 is 7.61. The standard InChI is InChI=1S/C18H13ClF2N2O2S/c1-2-25-18(24)16-10-4-6-14-11(8-15(19)26-14)17(10)23(22-16)13-5-3-9(20)7-12(13)21/h3,5,7-8H,2,4,6H2,1H3. The third-order valence-electron chi connectivity index (χ3n) is 4.23. The molecule has 1 aliphatic carbocycles. The Hall–Kier alpha value is -2.25. The molecule has 8 heteroatoms. The number of aromatic nitrogens is 2. The number of rotatable bonds is 3. The Labute approximate surface area is 157 Å². The first-order valence-electron chi connectivity index (χ1n) is 8.02. The predicted molar refractivity (Wildman–Crippen MR) is 95.2 cm³/mol. The number of carbonyl (C=O) groups excluding carboxylic acids is 1. The molecule has 4 rings (SSSR count). The Kier molecular flexibility index (Phi) is 4.28. The number of esters is 1. The van der Waals surface area contributed by atoms with E-state index in [-0.39, 0.29) is 18.0 Å². The molecule has 0 saturated carbocycles. The third-order valence-corrected chi connectivity index (χ3v) is 5.55.